The first-order valence-corrected chi connectivity index (χ1v) is 9.08. The zero-order chi connectivity index (χ0) is 20.8. The Labute approximate surface area is 169 Å². The second kappa shape index (κ2) is 9.29. The summed E-state index contributed by atoms with van der Waals surface area (Å²) in [6.07, 6.45) is 0. The summed E-state index contributed by atoms with van der Waals surface area (Å²) in [5.41, 5.74) is 1.43. The molecule has 29 heavy (non-hydrogen) atoms. The maximum absolute atomic E-state index is 12.9. The second-order valence-corrected chi connectivity index (χ2v) is 6.46. The lowest BCUT2D eigenvalue weighted by Gasteiger charge is -2.34. The van der Waals surface area contributed by atoms with Gasteiger partial charge in [0.1, 0.15) is 18.4 Å². The lowest BCUT2D eigenvalue weighted by molar-refractivity contribution is -0.154. The lowest BCUT2D eigenvalue weighted by atomic mass is 10.1. The summed E-state index contributed by atoms with van der Waals surface area (Å²) in [7, 11) is 4.65. The first-order valence-electron chi connectivity index (χ1n) is 9.08. The van der Waals surface area contributed by atoms with Gasteiger partial charge in [-0.15, -0.1) is 0 Å². The number of benzene rings is 2. The van der Waals surface area contributed by atoms with Gasteiger partial charge in [-0.2, -0.15) is 0 Å². The highest BCUT2D eigenvalue weighted by Crippen LogP contribution is 2.30. The number of morpholine rings is 1. The number of ether oxygens (including phenoxy) is 4. The van der Waals surface area contributed by atoms with Crippen molar-refractivity contribution in [3.05, 3.63) is 48.0 Å². The molecular weight excluding hydrogens is 376 g/mol. The normalized spacial score (nSPS) is 16.3. The molecule has 154 valence electrons. The van der Waals surface area contributed by atoms with Gasteiger partial charge in [0.25, 0.3) is 0 Å². The Morgan fingerprint density at radius 3 is 2.45 bits per heavy atom. The number of nitrogens with one attached hydrogen (secondary N) is 1. The Morgan fingerprint density at radius 2 is 1.79 bits per heavy atom. The van der Waals surface area contributed by atoms with Crippen LogP contribution in [-0.4, -0.2) is 57.3 Å². The number of methoxy groups -OCH3 is 3. The predicted molar refractivity (Wildman–Crippen MR) is 106 cm³/mol. The fourth-order valence-corrected chi connectivity index (χ4v) is 3.09. The molecule has 1 fully saturated rings. The van der Waals surface area contributed by atoms with Crippen molar-refractivity contribution in [1.82, 2.24) is 4.90 Å². The van der Waals surface area contributed by atoms with E-state index in [0.29, 0.717) is 23.7 Å². The van der Waals surface area contributed by atoms with Crippen molar-refractivity contribution in [1.29, 1.82) is 0 Å². The van der Waals surface area contributed by atoms with Crippen molar-refractivity contribution in [3.63, 3.8) is 0 Å². The smallest absolute Gasteiger partial charge is 0.249 e. The Morgan fingerprint density at radius 1 is 1.07 bits per heavy atom. The van der Waals surface area contributed by atoms with Crippen LogP contribution < -0.4 is 19.5 Å². The van der Waals surface area contributed by atoms with Gasteiger partial charge in [0.05, 0.1) is 27.9 Å². The van der Waals surface area contributed by atoms with Crippen LogP contribution in [0.3, 0.4) is 0 Å². The van der Waals surface area contributed by atoms with Crippen molar-refractivity contribution in [2.24, 2.45) is 0 Å². The van der Waals surface area contributed by atoms with E-state index in [4.69, 9.17) is 18.9 Å². The quantitative estimate of drug-likeness (QED) is 0.766. The molecule has 2 amide bonds. The van der Waals surface area contributed by atoms with Crippen molar-refractivity contribution >= 4 is 17.5 Å². The van der Waals surface area contributed by atoms with E-state index in [2.05, 4.69) is 5.32 Å². The highest BCUT2D eigenvalue weighted by atomic mass is 16.5. The van der Waals surface area contributed by atoms with E-state index < -0.39 is 6.04 Å². The van der Waals surface area contributed by atoms with E-state index in [9.17, 15) is 9.59 Å². The molecule has 1 aliphatic rings. The Bertz CT molecular complexity index is 868. The summed E-state index contributed by atoms with van der Waals surface area (Å²) in [4.78, 5) is 26.9. The van der Waals surface area contributed by atoms with Gasteiger partial charge in [-0.05, 0) is 29.8 Å². The number of carbonyl (C=O) groups excluding carboxylic acids is 2. The van der Waals surface area contributed by atoms with Crippen LogP contribution in [0.4, 0.5) is 5.69 Å². The number of amides is 2. The largest absolute Gasteiger partial charge is 0.497 e. The van der Waals surface area contributed by atoms with Gasteiger partial charge in [-0.3, -0.25) is 9.59 Å². The van der Waals surface area contributed by atoms with Crippen LogP contribution in [0, 0.1) is 0 Å². The van der Waals surface area contributed by atoms with Crippen LogP contribution in [0.2, 0.25) is 0 Å². The van der Waals surface area contributed by atoms with Crippen LogP contribution >= 0.6 is 0 Å². The average molecular weight is 400 g/mol. The van der Waals surface area contributed by atoms with E-state index >= 15 is 0 Å². The van der Waals surface area contributed by atoms with Gasteiger partial charge in [-0.1, -0.05) is 12.1 Å². The zero-order valence-electron chi connectivity index (χ0n) is 16.6. The average Bonchev–Trinajstić information content (AvgIpc) is 2.75. The molecule has 1 aliphatic heterocycles. The molecule has 0 saturated carbocycles. The van der Waals surface area contributed by atoms with Crippen molar-refractivity contribution < 1.29 is 28.5 Å². The van der Waals surface area contributed by atoms with Gasteiger partial charge in [0.2, 0.25) is 11.8 Å². The Hall–Kier alpha value is -3.26. The second-order valence-electron chi connectivity index (χ2n) is 6.46. The molecule has 1 heterocycles. The summed E-state index contributed by atoms with van der Waals surface area (Å²) in [6.45, 7) is 0.382. The number of rotatable bonds is 7. The van der Waals surface area contributed by atoms with E-state index in [0.717, 1.165) is 11.3 Å². The number of anilines is 1. The number of nitrogens with zero attached hydrogens (tertiary/aromatic N) is 1. The number of carbonyl (C=O) groups is 2. The third-order valence-corrected chi connectivity index (χ3v) is 4.66. The molecule has 8 heteroatoms. The van der Waals surface area contributed by atoms with Gasteiger partial charge < -0.3 is 29.2 Å². The molecule has 0 bridgehead atoms. The molecule has 8 nitrogen and oxygen atoms in total. The van der Waals surface area contributed by atoms with Crippen LogP contribution in [0.25, 0.3) is 0 Å². The van der Waals surface area contributed by atoms with Crippen molar-refractivity contribution in [2.75, 3.05) is 39.9 Å². The van der Waals surface area contributed by atoms with E-state index in [1.165, 1.54) is 19.1 Å². The van der Waals surface area contributed by atoms with E-state index in [1.807, 2.05) is 24.3 Å². The van der Waals surface area contributed by atoms with E-state index in [-0.39, 0.29) is 25.0 Å². The standard InChI is InChI=1S/C21H24N2O6/c1-26-16-7-4-14(5-8-16)11-23-17(12-29-13-20(23)24)21(25)22-15-6-9-18(27-2)19(10-15)28-3/h4-10,17H,11-13H2,1-3H3,(H,22,25)/t17-/m0/s1. The summed E-state index contributed by atoms with van der Waals surface area (Å²) in [5, 5.41) is 2.82. The van der Waals surface area contributed by atoms with Crippen LogP contribution in [-0.2, 0) is 20.9 Å². The molecule has 2 aromatic rings. The SMILES string of the molecule is COc1ccc(CN2C(=O)COC[C@H]2C(=O)Nc2ccc(OC)c(OC)c2)cc1. The highest BCUT2D eigenvalue weighted by Gasteiger charge is 2.34. The van der Waals surface area contributed by atoms with Crippen molar-refractivity contribution in [2.45, 2.75) is 12.6 Å². The minimum atomic E-state index is -0.744. The minimum absolute atomic E-state index is 0.0453. The van der Waals surface area contributed by atoms with Gasteiger partial charge in [0.15, 0.2) is 11.5 Å². The van der Waals surface area contributed by atoms with Crippen molar-refractivity contribution in [3.8, 4) is 17.2 Å². The first kappa shape index (κ1) is 20.5. The minimum Gasteiger partial charge on any atom is -0.497 e. The molecule has 1 N–H and O–H groups in total. The fraction of sp³-hybridized carbons (Fsp3) is 0.333. The first-order chi connectivity index (χ1) is 14.0. The molecule has 1 atom stereocenters. The third kappa shape index (κ3) is 4.78. The topological polar surface area (TPSA) is 86.3 Å². The highest BCUT2D eigenvalue weighted by molar-refractivity contribution is 5.98. The maximum atomic E-state index is 12.9. The van der Waals surface area contributed by atoms with Crippen LogP contribution in [0.1, 0.15) is 5.56 Å². The molecule has 3 rings (SSSR count). The van der Waals surface area contributed by atoms with Crippen LogP contribution in [0.15, 0.2) is 42.5 Å². The van der Waals surface area contributed by atoms with Gasteiger partial charge in [-0.25, -0.2) is 0 Å². The molecule has 0 radical (unpaired) electrons. The Kier molecular flexibility index (Phi) is 6.56. The van der Waals surface area contributed by atoms with Gasteiger partial charge in [0, 0.05) is 18.3 Å². The molecule has 0 aliphatic carbocycles. The summed E-state index contributed by atoms with van der Waals surface area (Å²) >= 11 is 0. The molecule has 2 aromatic carbocycles. The monoisotopic (exact) mass is 400 g/mol. The molecule has 0 unspecified atom stereocenters. The molecule has 0 aromatic heterocycles. The number of hydrogen-bond donors (Lipinski definition) is 1. The Balaban J connectivity index is 1.75. The zero-order valence-corrected chi connectivity index (χ0v) is 16.6. The number of hydrogen-bond acceptors (Lipinski definition) is 6. The molecular formula is C21H24N2O6. The summed E-state index contributed by atoms with van der Waals surface area (Å²) < 4.78 is 21.0. The third-order valence-electron chi connectivity index (χ3n) is 4.66. The fourth-order valence-electron chi connectivity index (χ4n) is 3.09. The maximum Gasteiger partial charge on any atom is 0.249 e. The summed E-state index contributed by atoms with van der Waals surface area (Å²) in [5.74, 6) is 1.21. The lowest BCUT2D eigenvalue weighted by Crippen LogP contribution is -2.54. The molecule has 1 saturated heterocycles. The predicted octanol–water partition coefficient (Wildman–Crippen LogP) is 2.08. The summed E-state index contributed by atoms with van der Waals surface area (Å²) in [6, 6.07) is 11.7. The van der Waals surface area contributed by atoms with Gasteiger partial charge >= 0.3 is 0 Å². The van der Waals surface area contributed by atoms with E-state index in [1.54, 1.807) is 25.3 Å². The molecule has 0 spiro atoms. The van der Waals surface area contributed by atoms with Crippen LogP contribution in [0.5, 0.6) is 17.2 Å².